The van der Waals surface area contributed by atoms with Crippen LogP contribution in [0.25, 0.3) is 5.82 Å². The lowest BCUT2D eigenvalue weighted by molar-refractivity contribution is -0.131. The van der Waals surface area contributed by atoms with Crippen LogP contribution in [0, 0.1) is 20.8 Å². The van der Waals surface area contributed by atoms with Crippen LogP contribution in [-0.2, 0) is 17.6 Å². The van der Waals surface area contributed by atoms with Gasteiger partial charge in [0.05, 0.1) is 6.10 Å². The summed E-state index contributed by atoms with van der Waals surface area (Å²) in [5, 5.41) is 26.1. The van der Waals surface area contributed by atoms with E-state index in [2.05, 4.69) is 25.6 Å². The van der Waals surface area contributed by atoms with E-state index in [1.807, 2.05) is 62.7 Å². The maximum Gasteiger partial charge on any atom is 0.268 e. The van der Waals surface area contributed by atoms with Crippen molar-refractivity contribution in [1.82, 2.24) is 19.5 Å². The Bertz CT molecular complexity index is 1600. The number of anilines is 2. The van der Waals surface area contributed by atoms with E-state index in [0.717, 1.165) is 33.6 Å². The highest BCUT2D eigenvalue weighted by Crippen LogP contribution is 2.43. The molecule has 3 heterocycles. The molecule has 0 saturated carbocycles. The number of aromatic hydroxyl groups is 1. The fourth-order valence-electron chi connectivity index (χ4n) is 5.09. The molecule has 1 aliphatic heterocycles. The first-order chi connectivity index (χ1) is 19.6. The molecule has 0 saturated heterocycles. The molecule has 1 amide bonds. The number of aromatic nitrogens is 4. The standard InChI is InChI=1S/C31H36N6O4/c1-18(38)17-34-30-33-12-10-25(36-30)37-14-13-32-26(37)16-22-7-6-8-23(15-22)35-29(40)31(5)11-9-24-21(4)27(39)19(2)20(3)28(24)41-31/h6-8,10,12-15,18,38-39H,9,11,16-17H2,1-5H3,(H,35,40)(H,33,34,36)/t18-,31+/m0/s1. The molecule has 4 aromatic rings. The number of imidazole rings is 1. The van der Waals surface area contributed by atoms with Crippen LogP contribution in [0.1, 0.15) is 53.9 Å². The van der Waals surface area contributed by atoms with Crippen LogP contribution in [0.2, 0.25) is 0 Å². The van der Waals surface area contributed by atoms with Gasteiger partial charge in [-0.15, -0.1) is 0 Å². The summed E-state index contributed by atoms with van der Waals surface area (Å²) in [6, 6.07) is 9.48. The lowest BCUT2D eigenvalue weighted by Crippen LogP contribution is -2.48. The third-order valence-corrected chi connectivity index (χ3v) is 7.71. The van der Waals surface area contributed by atoms with Crippen LogP contribution < -0.4 is 15.4 Å². The van der Waals surface area contributed by atoms with Crippen molar-refractivity contribution in [3.8, 4) is 17.3 Å². The molecule has 0 radical (unpaired) electrons. The highest BCUT2D eigenvalue weighted by atomic mass is 16.5. The Kier molecular flexibility index (Phi) is 7.68. The van der Waals surface area contributed by atoms with Crippen LogP contribution in [0.3, 0.4) is 0 Å². The second kappa shape index (κ2) is 11.2. The number of amides is 1. The molecule has 10 heteroatoms. The molecule has 0 aliphatic carbocycles. The maximum absolute atomic E-state index is 13.5. The van der Waals surface area contributed by atoms with E-state index >= 15 is 0 Å². The lowest BCUT2D eigenvalue weighted by Gasteiger charge is -2.36. The van der Waals surface area contributed by atoms with E-state index in [4.69, 9.17) is 4.74 Å². The highest BCUT2D eigenvalue weighted by molar-refractivity contribution is 5.97. The quantitative estimate of drug-likeness (QED) is 0.251. The summed E-state index contributed by atoms with van der Waals surface area (Å²) in [4.78, 5) is 26.8. The minimum atomic E-state index is -1.05. The SMILES string of the molecule is Cc1c(C)c2c(c(C)c1O)CC[C@](C)(C(=O)Nc1cccc(Cc3nccn3-c3ccnc(NC[C@H](C)O)n3)c1)O2. The van der Waals surface area contributed by atoms with Gasteiger partial charge in [-0.25, -0.2) is 9.97 Å². The highest BCUT2D eigenvalue weighted by Gasteiger charge is 2.41. The first-order valence-electron chi connectivity index (χ1n) is 13.7. The summed E-state index contributed by atoms with van der Waals surface area (Å²) in [5.41, 5.74) is 3.98. The molecule has 41 heavy (non-hydrogen) atoms. The Morgan fingerprint density at radius 3 is 2.73 bits per heavy atom. The summed E-state index contributed by atoms with van der Waals surface area (Å²) in [6.45, 7) is 9.52. The first kappa shape index (κ1) is 28.1. The zero-order valence-electron chi connectivity index (χ0n) is 24.0. The number of hydrogen-bond donors (Lipinski definition) is 4. The monoisotopic (exact) mass is 556 g/mol. The van der Waals surface area contributed by atoms with Crippen molar-refractivity contribution in [2.24, 2.45) is 0 Å². The van der Waals surface area contributed by atoms with E-state index in [9.17, 15) is 15.0 Å². The predicted octanol–water partition coefficient (Wildman–Crippen LogP) is 4.40. The number of rotatable bonds is 8. The summed E-state index contributed by atoms with van der Waals surface area (Å²) >= 11 is 0. The number of carbonyl (C=O) groups excluding carboxylic acids is 1. The molecular formula is C31H36N6O4. The Balaban J connectivity index is 1.31. The third-order valence-electron chi connectivity index (χ3n) is 7.71. The Morgan fingerprint density at radius 2 is 1.95 bits per heavy atom. The van der Waals surface area contributed by atoms with Gasteiger partial charge in [0.15, 0.2) is 5.60 Å². The normalized spacial score (nSPS) is 16.9. The average Bonchev–Trinajstić information content (AvgIpc) is 3.42. The van der Waals surface area contributed by atoms with E-state index < -0.39 is 11.7 Å². The number of benzene rings is 2. The summed E-state index contributed by atoms with van der Waals surface area (Å²) in [7, 11) is 0. The Morgan fingerprint density at radius 1 is 1.15 bits per heavy atom. The van der Waals surface area contributed by atoms with Gasteiger partial charge in [0.25, 0.3) is 5.91 Å². The number of nitrogens with zero attached hydrogens (tertiary/aromatic N) is 4. The topological polar surface area (TPSA) is 134 Å². The number of phenols is 1. The van der Waals surface area contributed by atoms with Crippen molar-refractivity contribution in [2.75, 3.05) is 17.2 Å². The lowest BCUT2D eigenvalue weighted by atomic mass is 9.86. The van der Waals surface area contributed by atoms with Crippen molar-refractivity contribution >= 4 is 17.5 Å². The molecule has 0 bridgehead atoms. The molecular weight excluding hydrogens is 520 g/mol. The van der Waals surface area contributed by atoms with E-state index in [1.54, 1.807) is 25.4 Å². The smallest absolute Gasteiger partial charge is 0.268 e. The van der Waals surface area contributed by atoms with Crippen molar-refractivity contribution in [2.45, 2.75) is 65.6 Å². The number of hydrogen-bond acceptors (Lipinski definition) is 8. The number of ether oxygens (including phenoxy) is 1. The van der Waals surface area contributed by atoms with Gasteiger partial charge in [-0.1, -0.05) is 12.1 Å². The molecule has 214 valence electrons. The number of aliphatic hydroxyl groups is 1. The molecule has 0 unspecified atom stereocenters. The summed E-state index contributed by atoms with van der Waals surface area (Å²) in [6.07, 6.45) is 6.35. The average molecular weight is 557 g/mol. The summed E-state index contributed by atoms with van der Waals surface area (Å²) < 4.78 is 8.24. The Labute approximate surface area is 239 Å². The van der Waals surface area contributed by atoms with Gasteiger partial charge in [-0.05, 0) is 81.5 Å². The van der Waals surface area contributed by atoms with Crippen LogP contribution in [0.5, 0.6) is 11.5 Å². The number of aliphatic hydroxyl groups excluding tert-OH is 1. The molecule has 2 atom stereocenters. The van der Waals surface area contributed by atoms with Crippen molar-refractivity contribution in [3.63, 3.8) is 0 Å². The van der Waals surface area contributed by atoms with Gasteiger partial charge < -0.3 is 25.6 Å². The van der Waals surface area contributed by atoms with Crippen molar-refractivity contribution in [3.05, 3.63) is 82.6 Å². The molecule has 10 nitrogen and oxygen atoms in total. The van der Waals surface area contributed by atoms with Crippen molar-refractivity contribution < 1.29 is 19.7 Å². The van der Waals surface area contributed by atoms with Gasteiger partial charge in [-0.2, -0.15) is 4.98 Å². The molecule has 2 aromatic heterocycles. The number of fused-ring (bicyclic) bond motifs is 1. The number of nitrogens with one attached hydrogen (secondary N) is 2. The predicted molar refractivity (Wildman–Crippen MR) is 157 cm³/mol. The minimum Gasteiger partial charge on any atom is -0.507 e. The molecule has 4 N–H and O–H groups in total. The van der Waals surface area contributed by atoms with E-state index in [1.165, 1.54) is 0 Å². The molecule has 0 fully saturated rings. The van der Waals surface area contributed by atoms with Gasteiger partial charge in [0.2, 0.25) is 5.95 Å². The van der Waals surface area contributed by atoms with Gasteiger partial charge >= 0.3 is 0 Å². The first-order valence-corrected chi connectivity index (χ1v) is 13.7. The van der Waals surface area contributed by atoms with Crippen LogP contribution in [0.15, 0.2) is 48.9 Å². The molecule has 2 aromatic carbocycles. The fourth-order valence-corrected chi connectivity index (χ4v) is 5.09. The van der Waals surface area contributed by atoms with Crippen LogP contribution in [0.4, 0.5) is 11.6 Å². The van der Waals surface area contributed by atoms with E-state index in [0.29, 0.717) is 54.8 Å². The minimum absolute atomic E-state index is 0.220. The fraction of sp³-hybridized carbons (Fsp3) is 0.355. The van der Waals surface area contributed by atoms with Gasteiger partial charge in [0, 0.05) is 49.2 Å². The van der Waals surface area contributed by atoms with Crippen molar-refractivity contribution in [1.29, 1.82) is 0 Å². The zero-order valence-corrected chi connectivity index (χ0v) is 24.0. The van der Waals surface area contributed by atoms with Crippen LogP contribution >= 0.6 is 0 Å². The summed E-state index contributed by atoms with van der Waals surface area (Å²) in [5.74, 6) is 2.62. The molecule has 5 rings (SSSR count). The maximum atomic E-state index is 13.5. The Hall–Kier alpha value is -4.44. The third kappa shape index (κ3) is 5.74. The van der Waals surface area contributed by atoms with E-state index in [-0.39, 0.29) is 5.91 Å². The van der Waals surface area contributed by atoms with Crippen LogP contribution in [-0.4, -0.2) is 53.9 Å². The number of carbonyl (C=O) groups is 1. The zero-order chi connectivity index (χ0) is 29.3. The molecule has 0 spiro atoms. The largest absolute Gasteiger partial charge is 0.507 e. The van der Waals surface area contributed by atoms with Gasteiger partial charge in [0.1, 0.15) is 23.1 Å². The van der Waals surface area contributed by atoms with Gasteiger partial charge in [-0.3, -0.25) is 9.36 Å². The second-order valence-electron chi connectivity index (χ2n) is 10.9. The second-order valence-corrected chi connectivity index (χ2v) is 10.9. The number of phenolic OH excluding ortho intramolecular Hbond substituents is 1. The molecule has 1 aliphatic rings.